The van der Waals surface area contributed by atoms with E-state index in [0.29, 0.717) is 33.2 Å². The highest BCUT2D eigenvalue weighted by atomic mass is 32.1. The first kappa shape index (κ1) is 18.9. The second-order valence-electron chi connectivity index (χ2n) is 7.05. The smallest absolute Gasteiger partial charge is 0.259 e. The molecule has 154 valence electrons. The van der Waals surface area contributed by atoms with Gasteiger partial charge in [0.15, 0.2) is 5.13 Å². The fraction of sp³-hybridized carbons (Fsp3) is 0. The lowest BCUT2D eigenvalue weighted by Crippen LogP contribution is -2.12. The van der Waals surface area contributed by atoms with Crippen LogP contribution in [0.1, 0.15) is 10.4 Å². The predicted octanol–water partition coefficient (Wildman–Crippen LogP) is 6.48. The summed E-state index contributed by atoms with van der Waals surface area (Å²) in [7, 11) is 0. The lowest BCUT2D eigenvalue weighted by Gasteiger charge is -2.06. The number of para-hydroxylation sites is 1. The summed E-state index contributed by atoms with van der Waals surface area (Å²) >= 11 is 2.98. The third kappa shape index (κ3) is 3.26. The number of pyridine rings is 1. The zero-order valence-corrected chi connectivity index (χ0v) is 18.1. The van der Waals surface area contributed by atoms with E-state index in [1.165, 1.54) is 11.3 Å². The van der Waals surface area contributed by atoms with Crippen molar-refractivity contribution in [3.05, 3.63) is 83.7 Å². The summed E-state index contributed by atoms with van der Waals surface area (Å²) in [6.45, 7) is 0. The number of aromatic nitrogens is 3. The second-order valence-corrected chi connectivity index (χ2v) is 9.03. The van der Waals surface area contributed by atoms with Gasteiger partial charge < -0.3 is 4.52 Å². The van der Waals surface area contributed by atoms with Crippen molar-refractivity contribution >= 4 is 55.0 Å². The van der Waals surface area contributed by atoms with Crippen LogP contribution in [0.3, 0.4) is 0 Å². The highest BCUT2D eigenvalue weighted by Crippen LogP contribution is 2.34. The molecule has 8 heteroatoms. The first-order valence-electron chi connectivity index (χ1n) is 9.83. The molecule has 0 bridgehead atoms. The minimum atomic E-state index is -0.283. The molecule has 0 aliphatic heterocycles. The lowest BCUT2D eigenvalue weighted by atomic mass is 10.0. The van der Waals surface area contributed by atoms with Gasteiger partial charge in [-0.2, -0.15) is 0 Å². The Labute approximate surface area is 190 Å². The highest BCUT2D eigenvalue weighted by Gasteiger charge is 2.23. The SMILES string of the molecule is O=C(Nc1nc2ccccc2s1)c1cc(-c2cccs2)nc2onc(-c3ccccc3)c12. The number of hydrogen-bond acceptors (Lipinski definition) is 7. The van der Waals surface area contributed by atoms with E-state index in [2.05, 4.69) is 20.4 Å². The van der Waals surface area contributed by atoms with E-state index in [1.54, 1.807) is 17.4 Å². The highest BCUT2D eigenvalue weighted by molar-refractivity contribution is 7.22. The van der Waals surface area contributed by atoms with Crippen molar-refractivity contribution in [3.63, 3.8) is 0 Å². The van der Waals surface area contributed by atoms with Crippen LogP contribution in [0.15, 0.2) is 82.7 Å². The third-order valence-electron chi connectivity index (χ3n) is 5.03. The van der Waals surface area contributed by atoms with E-state index < -0.39 is 0 Å². The number of rotatable bonds is 4. The van der Waals surface area contributed by atoms with Crippen LogP contribution in [0.4, 0.5) is 5.13 Å². The minimum Gasteiger partial charge on any atom is -0.335 e. The normalized spacial score (nSPS) is 11.2. The number of nitrogens with one attached hydrogen (secondary N) is 1. The molecular weight excluding hydrogens is 440 g/mol. The van der Waals surface area contributed by atoms with Gasteiger partial charge in [-0.1, -0.05) is 65.0 Å². The molecule has 6 rings (SSSR count). The Hall–Kier alpha value is -3.88. The molecule has 6 aromatic rings. The van der Waals surface area contributed by atoms with Crippen LogP contribution in [-0.4, -0.2) is 21.0 Å². The molecular formula is C24H14N4O2S2. The monoisotopic (exact) mass is 454 g/mol. The number of thiazole rings is 1. The average molecular weight is 455 g/mol. The first-order valence-corrected chi connectivity index (χ1v) is 11.5. The molecule has 32 heavy (non-hydrogen) atoms. The minimum absolute atomic E-state index is 0.283. The van der Waals surface area contributed by atoms with Crippen LogP contribution in [0.2, 0.25) is 0 Å². The topological polar surface area (TPSA) is 80.9 Å². The fourth-order valence-electron chi connectivity index (χ4n) is 3.56. The van der Waals surface area contributed by atoms with Crippen molar-refractivity contribution in [1.29, 1.82) is 0 Å². The number of thiophene rings is 1. The molecule has 0 aliphatic rings. The molecule has 0 fully saturated rings. The number of anilines is 1. The van der Waals surface area contributed by atoms with Crippen LogP contribution in [0, 0.1) is 0 Å². The average Bonchev–Trinajstić information content (AvgIpc) is 3.57. The molecule has 0 aliphatic carbocycles. The third-order valence-corrected chi connectivity index (χ3v) is 6.87. The van der Waals surface area contributed by atoms with Crippen molar-refractivity contribution in [1.82, 2.24) is 15.1 Å². The number of benzene rings is 2. The molecule has 0 saturated carbocycles. The van der Waals surface area contributed by atoms with Crippen LogP contribution in [0.25, 0.3) is 43.1 Å². The molecule has 6 nitrogen and oxygen atoms in total. The Bertz CT molecular complexity index is 1540. The number of carbonyl (C=O) groups excluding carboxylic acids is 1. The Morgan fingerprint density at radius 1 is 0.938 bits per heavy atom. The van der Waals surface area contributed by atoms with Crippen molar-refractivity contribution in [2.45, 2.75) is 0 Å². The quantitative estimate of drug-likeness (QED) is 0.330. The fourth-order valence-corrected chi connectivity index (χ4v) is 5.11. The van der Waals surface area contributed by atoms with Gasteiger partial charge in [-0.15, -0.1) is 11.3 Å². The molecule has 0 spiro atoms. The van der Waals surface area contributed by atoms with E-state index in [4.69, 9.17) is 4.52 Å². The van der Waals surface area contributed by atoms with Gasteiger partial charge in [0.2, 0.25) is 0 Å². The van der Waals surface area contributed by atoms with Crippen molar-refractivity contribution in [2.24, 2.45) is 0 Å². The molecule has 1 N–H and O–H groups in total. The Kier molecular flexibility index (Phi) is 4.52. The van der Waals surface area contributed by atoms with Gasteiger partial charge in [0.25, 0.3) is 11.6 Å². The van der Waals surface area contributed by atoms with Gasteiger partial charge in [-0.05, 0) is 29.6 Å². The van der Waals surface area contributed by atoms with E-state index in [1.807, 2.05) is 72.1 Å². The summed E-state index contributed by atoms with van der Waals surface area (Å²) in [4.78, 5) is 23.6. The summed E-state index contributed by atoms with van der Waals surface area (Å²) in [6, 6.07) is 23.1. The summed E-state index contributed by atoms with van der Waals surface area (Å²) in [5.41, 5.74) is 3.72. The molecule has 0 atom stereocenters. The number of amides is 1. The second kappa shape index (κ2) is 7.67. The molecule has 0 radical (unpaired) electrons. The van der Waals surface area contributed by atoms with E-state index in [9.17, 15) is 4.79 Å². The van der Waals surface area contributed by atoms with Gasteiger partial charge >= 0.3 is 0 Å². The maximum Gasteiger partial charge on any atom is 0.259 e. The van der Waals surface area contributed by atoms with Gasteiger partial charge in [0.1, 0.15) is 5.69 Å². The van der Waals surface area contributed by atoms with Crippen LogP contribution < -0.4 is 5.32 Å². The summed E-state index contributed by atoms with van der Waals surface area (Å²) in [5, 5.41) is 10.3. The Morgan fingerprint density at radius 2 is 1.78 bits per heavy atom. The van der Waals surface area contributed by atoms with Crippen molar-refractivity contribution in [2.75, 3.05) is 5.32 Å². The van der Waals surface area contributed by atoms with Gasteiger partial charge in [-0.25, -0.2) is 9.97 Å². The molecule has 4 heterocycles. The summed E-state index contributed by atoms with van der Waals surface area (Å²) in [6.07, 6.45) is 0. The zero-order chi connectivity index (χ0) is 21.5. The van der Waals surface area contributed by atoms with E-state index in [0.717, 1.165) is 20.7 Å². The summed E-state index contributed by atoms with van der Waals surface area (Å²) < 4.78 is 6.59. The number of hydrogen-bond donors (Lipinski definition) is 1. The maximum atomic E-state index is 13.5. The van der Waals surface area contributed by atoms with Crippen molar-refractivity contribution in [3.8, 4) is 21.8 Å². The van der Waals surface area contributed by atoms with Gasteiger partial charge in [0.05, 0.1) is 31.7 Å². The lowest BCUT2D eigenvalue weighted by molar-refractivity contribution is 0.102. The summed E-state index contributed by atoms with van der Waals surface area (Å²) in [5.74, 6) is -0.283. The molecule has 0 unspecified atom stereocenters. The van der Waals surface area contributed by atoms with Crippen LogP contribution >= 0.6 is 22.7 Å². The number of nitrogens with zero attached hydrogens (tertiary/aromatic N) is 3. The molecule has 0 saturated heterocycles. The standard InChI is InChI=1S/C24H14N4O2S2/c29-22(27-24-26-16-9-4-5-10-19(16)32-24)15-13-17(18-11-6-12-31-18)25-23-20(15)21(28-30-23)14-7-2-1-3-8-14/h1-13H,(H,26,27,29). The first-order chi connectivity index (χ1) is 15.8. The largest absolute Gasteiger partial charge is 0.335 e. The van der Waals surface area contributed by atoms with Crippen LogP contribution in [-0.2, 0) is 0 Å². The molecule has 1 amide bonds. The van der Waals surface area contributed by atoms with E-state index >= 15 is 0 Å². The van der Waals surface area contributed by atoms with Crippen molar-refractivity contribution < 1.29 is 9.32 Å². The predicted molar refractivity (Wildman–Crippen MR) is 128 cm³/mol. The Balaban J connectivity index is 1.50. The van der Waals surface area contributed by atoms with E-state index in [-0.39, 0.29) is 5.91 Å². The molecule has 4 aromatic heterocycles. The Morgan fingerprint density at radius 3 is 2.59 bits per heavy atom. The number of fused-ring (bicyclic) bond motifs is 2. The number of carbonyl (C=O) groups is 1. The van der Waals surface area contributed by atoms with Crippen LogP contribution in [0.5, 0.6) is 0 Å². The van der Waals surface area contributed by atoms with Gasteiger partial charge in [-0.3, -0.25) is 10.1 Å². The van der Waals surface area contributed by atoms with Gasteiger partial charge in [0, 0.05) is 5.56 Å². The molecule has 2 aromatic carbocycles. The zero-order valence-electron chi connectivity index (χ0n) is 16.5. The maximum absolute atomic E-state index is 13.5.